The topological polar surface area (TPSA) is 46.5 Å². The molecule has 0 fully saturated rings. The van der Waals surface area contributed by atoms with Crippen LogP contribution in [0.2, 0.25) is 0 Å². The van der Waals surface area contributed by atoms with E-state index >= 15 is 0 Å². The van der Waals surface area contributed by atoms with E-state index in [1.807, 2.05) is 6.07 Å². The van der Waals surface area contributed by atoms with Crippen LogP contribution in [0.1, 0.15) is 18.1 Å². The lowest BCUT2D eigenvalue weighted by Gasteiger charge is -2.08. The molecule has 1 aliphatic rings. The summed E-state index contributed by atoms with van der Waals surface area (Å²) >= 11 is 0. The highest BCUT2D eigenvalue weighted by Crippen LogP contribution is 2.26. The quantitative estimate of drug-likeness (QED) is 0.875. The Labute approximate surface area is 122 Å². The second-order valence-corrected chi connectivity index (χ2v) is 5.27. The molecule has 1 heterocycles. The third-order valence-corrected chi connectivity index (χ3v) is 3.58. The van der Waals surface area contributed by atoms with E-state index in [-0.39, 0.29) is 18.2 Å². The van der Waals surface area contributed by atoms with Crippen LogP contribution in [0.15, 0.2) is 36.4 Å². The van der Waals surface area contributed by atoms with Crippen molar-refractivity contribution in [2.45, 2.75) is 20.0 Å². The Kier molecular flexibility index (Phi) is 3.61. The van der Waals surface area contributed by atoms with Gasteiger partial charge in [-0.25, -0.2) is 4.39 Å². The second kappa shape index (κ2) is 5.43. The van der Waals surface area contributed by atoms with Gasteiger partial charge in [0.2, 0.25) is 0 Å². The molecule has 5 heteroatoms. The SMILES string of the molecule is CC(=O)Cc1cccc(-c2cc3c(cc2F)COB3O)c1. The summed E-state index contributed by atoms with van der Waals surface area (Å²) in [7, 11) is -1.00. The van der Waals surface area contributed by atoms with Crippen LogP contribution in [-0.4, -0.2) is 17.9 Å². The largest absolute Gasteiger partial charge is 0.491 e. The van der Waals surface area contributed by atoms with Gasteiger partial charge in [-0.1, -0.05) is 30.3 Å². The van der Waals surface area contributed by atoms with E-state index in [0.717, 1.165) is 5.56 Å². The fourth-order valence-electron chi connectivity index (χ4n) is 2.60. The summed E-state index contributed by atoms with van der Waals surface area (Å²) in [6.45, 7) is 1.74. The number of fused-ring (bicyclic) bond motifs is 1. The molecule has 2 aromatic carbocycles. The standard InChI is InChI=1S/C16H14BFO3/c1-10(19)5-11-3-2-4-12(6-11)14-8-15-13(7-16(14)18)9-21-17(15)20/h2-4,6-8,20H,5,9H2,1H3. The van der Waals surface area contributed by atoms with E-state index in [2.05, 4.69) is 0 Å². The van der Waals surface area contributed by atoms with Crippen molar-refractivity contribution in [3.63, 3.8) is 0 Å². The number of rotatable bonds is 3. The van der Waals surface area contributed by atoms with Gasteiger partial charge < -0.3 is 9.68 Å². The fourth-order valence-corrected chi connectivity index (χ4v) is 2.60. The molecule has 0 radical (unpaired) electrons. The Morgan fingerprint density at radius 2 is 2.19 bits per heavy atom. The minimum atomic E-state index is -1.00. The summed E-state index contributed by atoms with van der Waals surface area (Å²) < 4.78 is 19.3. The average molecular weight is 284 g/mol. The average Bonchev–Trinajstić information content (AvgIpc) is 2.78. The summed E-state index contributed by atoms with van der Waals surface area (Å²) in [6.07, 6.45) is 0.326. The molecule has 0 aliphatic carbocycles. The van der Waals surface area contributed by atoms with Gasteiger partial charge in [0.15, 0.2) is 0 Å². The summed E-state index contributed by atoms with van der Waals surface area (Å²) in [5.41, 5.74) is 3.21. The molecule has 0 saturated heterocycles. The minimum absolute atomic E-state index is 0.0606. The molecule has 21 heavy (non-hydrogen) atoms. The maximum Gasteiger partial charge on any atom is 0.491 e. The van der Waals surface area contributed by atoms with Crippen molar-refractivity contribution in [3.8, 4) is 11.1 Å². The molecular formula is C16H14BFO3. The highest BCUT2D eigenvalue weighted by molar-refractivity contribution is 6.61. The minimum Gasteiger partial charge on any atom is -0.423 e. The molecule has 0 unspecified atom stereocenters. The number of carbonyl (C=O) groups excluding carboxylic acids is 1. The zero-order chi connectivity index (χ0) is 15.0. The first-order valence-electron chi connectivity index (χ1n) is 6.75. The molecule has 0 spiro atoms. The molecule has 0 bridgehead atoms. The van der Waals surface area contributed by atoms with Crippen molar-refractivity contribution in [2.75, 3.05) is 0 Å². The Morgan fingerprint density at radius 1 is 1.38 bits per heavy atom. The van der Waals surface area contributed by atoms with Gasteiger partial charge >= 0.3 is 7.12 Å². The predicted octanol–water partition coefficient (Wildman–Crippen LogP) is 1.84. The molecule has 3 nitrogen and oxygen atoms in total. The van der Waals surface area contributed by atoms with E-state index in [1.165, 1.54) is 13.0 Å². The predicted molar refractivity (Wildman–Crippen MR) is 78.6 cm³/mol. The van der Waals surface area contributed by atoms with Crippen LogP contribution in [0.3, 0.4) is 0 Å². The first kappa shape index (κ1) is 14.0. The molecule has 0 aromatic heterocycles. The van der Waals surface area contributed by atoms with Crippen molar-refractivity contribution in [1.82, 2.24) is 0 Å². The number of Topliss-reactive ketones (excluding diaryl/α,β-unsaturated/α-hetero) is 1. The zero-order valence-electron chi connectivity index (χ0n) is 11.6. The second-order valence-electron chi connectivity index (χ2n) is 5.27. The smallest absolute Gasteiger partial charge is 0.423 e. The first-order chi connectivity index (χ1) is 10.0. The van der Waals surface area contributed by atoms with Gasteiger partial charge in [-0.3, -0.25) is 4.79 Å². The number of carbonyl (C=O) groups is 1. The van der Waals surface area contributed by atoms with Crippen LogP contribution in [0.25, 0.3) is 11.1 Å². The van der Waals surface area contributed by atoms with Gasteiger partial charge in [0.25, 0.3) is 0 Å². The van der Waals surface area contributed by atoms with Crippen LogP contribution in [0.5, 0.6) is 0 Å². The highest BCUT2D eigenvalue weighted by atomic mass is 19.1. The molecule has 0 amide bonds. The van der Waals surface area contributed by atoms with Gasteiger partial charge in [0.05, 0.1) is 6.61 Å². The fraction of sp³-hybridized carbons (Fsp3) is 0.188. The third kappa shape index (κ3) is 2.75. The number of hydrogen-bond acceptors (Lipinski definition) is 3. The molecule has 0 saturated carbocycles. The van der Waals surface area contributed by atoms with E-state index in [4.69, 9.17) is 4.65 Å². The van der Waals surface area contributed by atoms with E-state index in [0.29, 0.717) is 28.6 Å². The van der Waals surface area contributed by atoms with Crippen LogP contribution < -0.4 is 5.46 Å². The normalized spacial score (nSPS) is 13.4. The van der Waals surface area contributed by atoms with Crippen LogP contribution in [-0.2, 0) is 22.5 Å². The maximum absolute atomic E-state index is 14.2. The number of halogens is 1. The highest BCUT2D eigenvalue weighted by Gasteiger charge is 2.28. The van der Waals surface area contributed by atoms with E-state index in [1.54, 1.807) is 24.3 Å². The van der Waals surface area contributed by atoms with Crippen molar-refractivity contribution >= 4 is 18.4 Å². The summed E-state index contributed by atoms with van der Waals surface area (Å²) in [6, 6.07) is 10.3. The molecule has 106 valence electrons. The van der Waals surface area contributed by atoms with Crippen molar-refractivity contribution in [1.29, 1.82) is 0 Å². The lowest BCUT2D eigenvalue weighted by Crippen LogP contribution is -2.28. The number of hydrogen-bond donors (Lipinski definition) is 1. The Hall–Kier alpha value is -1.98. The zero-order valence-corrected chi connectivity index (χ0v) is 11.6. The first-order valence-corrected chi connectivity index (χ1v) is 6.75. The molecule has 1 N–H and O–H groups in total. The molecule has 0 atom stereocenters. The molecular weight excluding hydrogens is 270 g/mol. The number of ketones is 1. The van der Waals surface area contributed by atoms with E-state index in [9.17, 15) is 14.2 Å². The summed E-state index contributed by atoms with van der Waals surface area (Å²) in [4.78, 5) is 11.2. The number of benzene rings is 2. The van der Waals surface area contributed by atoms with E-state index < -0.39 is 7.12 Å². The summed E-state index contributed by atoms with van der Waals surface area (Å²) in [5, 5.41) is 9.73. The van der Waals surface area contributed by atoms with Crippen molar-refractivity contribution < 1.29 is 18.9 Å². The monoisotopic (exact) mass is 284 g/mol. The maximum atomic E-state index is 14.2. The van der Waals surface area contributed by atoms with Gasteiger partial charge in [-0.2, -0.15) is 0 Å². The lowest BCUT2D eigenvalue weighted by atomic mass is 9.78. The Balaban J connectivity index is 2.04. The lowest BCUT2D eigenvalue weighted by molar-refractivity contribution is -0.116. The van der Waals surface area contributed by atoms with Crippen molar-refractivity contribution in [3.05, 3.63) is 53.3 Å². The van der Waals surface area contributed by atoms with Gasteiger partial charge in [0.1, 0.15) is 11.6 Å². The van der Waals surface area contributed by atoms with Gasteiger partial charge in [-0.05, 0) is 35.1 Å². The van der Waals surface area contributed by atoms with Crippen molar-refractivity contribution in [2.24, 2.45) is 0 Å². The third-order valence-electron chi connectivity index (χ3n) is 3.58. The van der Waals surface area contributed by atoms with Gasteiger partial charge in [0, 0.05) is 12.0 Å². The Morgan fingerprint density at radius 3 is 2.95 bits per heavy atom. The van der Waals surface area contributed by atoms with Crippen LogP contribution in [0.4, 0.5) is 4.39 Å². The van der Waals surface area contributed by atoms with Crippen LogP contribution >= 0.6 is 0 Å². The van der Waals surface area contributed by atoms with Crippen LogP contribution in [0, 0.1) is 5.82 Å². The molecule has 1 aliphatic heterocycles. The van der Waals surface area contributed by atoms with Gasteiger partial charge in [-0.15, -0.1) is 0 Å². The Bertz CT molecular complexity index is 715. The molecule has 2 aromatic rings. The molecule has 3 rings (SSSR count). The summed E-state index contributed by atoms with van der Waals surface area (Å²) in [5.74, 6) is -0.295.